The zero-order valence-electron chi connectivity index (χ0n) is 10.6. The van der Waals surface area contributed by atoms with Gasteiger partial charge in [-0.05, 0) is 49.4 Å². The van der Waals surface area contributed by atoms with Crippen molar-refractivity contribution in [3.05, 3.63) is 29.3 Å². The fourth-order valence-corrected chi connectivity index (χ4v) is 2.13. The van der Waals surface area contributed by atoms with Crippen molar-refractivity contribution < 1.29 is 14.6 Å². The number of carbonyl (C=O) groups is 1. The molecule has 4 nitrogen and oxygen atoms in total. The van der Waals surface area contributed by atoms with Crippen LogP contribution in [0.3, 0.4) is 0 Å². The van der Waals surface area contributed by atoms with Gasteiger partial charge < -0.3 is 15.6 Å². The number of aryl methyl sites for hydroxylation is 2. The van der Waals surface area contributed by atoms with Gasteiger partial charge in [-0.1, -0.05) is 6.07 Å². The number of ether oxygens (including phenoxy) is 1. The molecule has 4 heteroatoms. The van der Waals surface area contributed by atoms with Crippen LogP contribution in [0.1, 0.15) is 30.9 Å². The van der Waals surface area contributed by atoms with E-state index in [1.807, 2.05) is 6.07 Å². The average Bonchev–Trinajstić information content (AvgIpc) is 2.75. The zero-order valence-corrected chi connectivity index (χ0v) is 10.6. The molecular formula is C14H19NO3. The van der Waals surface area contributed by atoms with E-state index in [4.69, 9.17) is 15.6 Å². The lowest BCUT2D eigenvalue weighted by atomic mass is 10.0. The maximum atomic E-state index is 10.8. The Morgan fingerprint density at radius 1 is 1.44 bits per heavy atom. The van der Waals surface area contributed by atoms with E-state index in [2.05, 4.69) is 12.1 Å². The van der Waals surface area contributed by atoms with E-state index in [0.717, 1.165) is 18.6 Å². The van der Waals surface area contributed by atoms with Crippen molar-refractivity contribution in [1.82, 2.24) is 0 Å². The molecular weight excluding hydrogens is 230 g/mol. The van der Waals surface area contributed by atoms with Crippen LogP contribution in [0, 0.1) is 0 Å². The second kappa shape index (κ2) is 4.98. The van der Waals surface area contributed by atoms with Crippen molar-refractivity contribution in [2.24, 2.45) is 5.73 Å². The molecule has 0 saturated heterocycles. The summed E-state index contributed by atoms with van der Waals surface area (Å²) in [5.41, 5.74) is 7.16. The number of rotatable bonds is 5. The molecule has 1 atom stereocenters. The maximum absolute atomic E-state index is 10.8. The highest BCUT2D eigenvalue weighted by Crippen LogP contribution is 2.26. The van der Waals surface area contributed by atoms with Crippen LogP contribution in [0.15, 0.2) is 18.2 Å². The summed E-state index contributed by atoms with van der Waals surface area (Å²) >= 11 is 0. The lowest BCUT2D eigenvalue weighted by molar-refractivity contribution is -0.143. The van der Waals surface area contributed by atoms with E-state index in [1.54, 1.807) is 0 Å². The number of carboxylic acids is 1. The summed E-state index contributed by atoms with van der Waals surface area (Å²) in [4.78, 5) is 10.8. The summed E-state index contributed by atoms with van der Waals surface area (Å²) in [5, 5.41) is 8.88. The highest BCUT2D eigenvalue weighted by atomic mass is 16.5. The Hall–Kier alpha value is -1.55. The van der Waals surface area contributed by atoms with Crippen LogP contribution in [-0.4, -0.2) is 23.2 Å². The molecule has 0 aliphatic heterocycles. The second-order valence-electron chi connectivity index (χ2n) is 5.11. The van der Waals surface area contributed by atoms with E-state index in [9.17, 15) is 4.79 Å². The van der Waals surface area contributed by atoms with Gasteiger partial charge in [0.1, 0.15) is 11.3 Å². The van der Waals surface area contributed by atoms with Crippen molar-refractivity contribution in [3.63, 3.8) is 0 Å². The zero-order chi connectivity index (χ0) is 13.2. The smallest absolute Gasteiger partial charge is 0.323 e. The van der Waals surface area contributed by atoms with Crippen LogP contribution < -0.4 is 10.5 Å². The summed E-state index contributed by atoms with van der Waals surface area (Å²) in [6, 6.07) is 6.09. The SMILES string of the molecule is CC(N)(CCOc1ccc2c(c1)CCC2)C(=O)O. The Labute approximate surface area is 107 Å². The molecule has 2 rings (SSSR count). The molecule has 18 heavy (non-hydrogen) atoms. The summed E-state index contributed by atoms with van der Waals surface area (Å²) in [5.74, 6) is -0.197. The first kappa shape index (κ1) is 12.9. The van der Waals surface area contributed by atoms with Crippen molar-refractivity contribution in [2.45, 2.75) is 38.1 Å². The molecule has 0 bridgehead atoms. The molecule has 0 spiro atoms. The van der Waals surface area contributed by atoms with Crippen molar-refractivity contribution in [3.8, 4) is 5.75 Å². The third-order valence-corrected chi connectivity index (χ3v) is 3.45. The molecule has 1 aliphatic rings. The molecule has 1 aliphatic carbocycles. The minimum atomic E-state index is -1.23. The van der Waals surface area contributed by atoms with E-state index >= 15 is 0 Å². The Morgan fingerprint density at radius 3 is 2.89 bits per heavy atom. The molecule has 3 N–H and O–H groups in total. The fourth-order valence-electron chi connectivity index (χ4n) is 2.13. The Kier molecular flexibility index (Phi) is 3.57. The molecule has 0 fully saturated rings. The van der Waals surface area contributed by atoms with Crippen LogP contribution >= 0.6 is 0 Å². The standard InChI is InChI=1S/C14H19NO3/c1-14(15,13(16)17)7-8-18-12-6-5-10-3-2-4-11(10)9-12/h5-6,9H,2-4,7-8,15H2,1H3,(H,16,17). The lowest BCUT2D eigenvalue weighted by Gasteiger charge is -2.19. The van der Waals surface area contributed by atoms with Gasteiger partial charge in [-0.2, -0.15) is 0 Å². The monoisotopic (exact) mass is 249 g/mol. The third-order valence-electron chi connectivity index (χ3n) is 3.45. The number of hydrogen-bond donors (Lipinski definition) is 2. The molecule has 0 aromatic heterocycles. The number of benzene rings is 1. The average molecular weight is 249 g/mol. The highest BCUT2D eigenvalue weighted by molar-refractivity contribution is 5.77. The van der Waals surface area contributed by atoms with Crippen molar-refractivity contribution in [2.75, 3.05) is 6.61 Å². The number of carboxylic acid groups (broad SMARTS) is 1. The number of nitrogens with two attached hydrogens (primary N) is 1. The fraction of sp³-hybridized carbons (Fsp3) is 0.500. The molecule has 1 unspecified atom stereocenters. The van der Waals surface area contributed by atoms with Gasteiger partial charge in [0.2, 0.25) is 0 Å². The molecule has 1 aromatic carbocycles. The third kappa shape index (κ3) is 2.82. The second-order valence-corrected chi connectivity index (χ2v) is 5.11. The maximum Gasteiger partial charge on any atom is 0.323 e. The largest absolute Gasteiger partial charge is 0.493 e. The van der Waals surface area contributed by atoms with Gasteiger partial charge >= 0.3 is 5.97 Å². The van der Waals surface area contributed by atoms with Gasteiger partial charge in [0.25, 0.3) is 0 Å². The van der Waals surface area contributed by atoms with Crippen LogP contribution in [0.2, 0.25) is 0 Å². The Balaban J connectivity index is 1.89. The number of fused-ring (bicyclic) bond motifs is 1. The van der Waals surface area contributed by atoms with Crippen molar-refractivity contribution >= 4 is 5.97 Å². The van der Waals surface area contributed by atoms with E-state index in [0.29, 0.717) is 13.0 Å². The number of hydrogen-bond acceptors (Lipinski definition) is 3. The number of aliphatic carboxylic acids is 1. The van der Waals surface area contributed by atoms with Crippen LogP contribution in [0.5, 0.6) is 5.75 Å². The molecule has 1 aromatic rings. The Bertz CT molecular complexity index is 454. The van der Waals surface area contributed by atoms with Crippen LogP contribution in [0.25, 0.3) is 0 Å². The predicted molar refractivity (Wildman–Crippen MR) is 68.8 cm³/mol. The van der Waals surface area contributed by atoms with E-state index in [1.165, 1.54) is 24.5 Å². The topological polar surface area (TPSA) is 72.5 Å². The van der Waals surface area contributed by atoms with E-state index in [-0.39, 0.29) is 0 Å². The summed E-state index contributed by atoms with van der Waals surface area (Å²) in [6.45, 7) is 1.82. The van der Waals surface area contributed by atoms with Crippen molar-refractivity contribution in [1.29, 1.82) is 0 Å². The van der Waals surface area contributed by atoms with Gasteiger partial charge in [0.15, 0.2) is 0 Å². The molecule has 0 heterocycles. The lowest BCUT2D eigenvalue weighted by Crippen LogP contribution is -2.45. The van der Waals surface area contributed by atoms with Gasteiger partial charge in [-0.15, -0.1) is 0 Å². The molecule has 0 saturated carbocycles. The summed E-state index contributed by atoms with van der Waals surface area (Å²) in [6.07, 6.45) is 3.75. The predicted octanol–water partition coefficient (Wildman–Crippen LogP) is 1.75. The first-order chi connectivity index (χ1) is 8.49. The van der Waals surface area contributed by atoms with Gasteiger partial charge in [0.05, 0.1) is 6.61 Å². The minimum absolute atomic E-state index is 0.291. The van der Waals surface area contributed by atoms with Crippen LogP contribution in [0.4, 0.5) is 0 Å². The Morgan fingerprint density at radius 2 is 2.17 bits per heavy atom. The highest BCUT2D eigenvalue weighted by Gasteiger charge is 2.27. The van der Waals surface area contributed by atoms with Gasteiger partial charge in [-0.25, -0.2) is 0 Å². The first-order valence-electron chi connectivity index (χ1n) is 6.26. The molecule has 98 valence electrons. The molecule has 0 radical (unpaired) electrons. The first-order valence-corrected chi connectivity index (χ1v) is 6.26. The van der Waals surface area contributed by atoms with Gasteiger partial charge in [-0.3, -0.25) is 4.79 Å². The normalized spacial score (nSPS) is 17.0. The van der Waals surface area contributed by atoms with Crippen LogP contribution in [-0.2, 0) is 17.6 Å². The van der Waals surface area contributed by atoms with Gasteiger partial charge in [0, 0.05) is 6.42 Å². The minimum Gasteiger partial charge on any atom is -0.493 e. The summed E-state index contributed by atoms with van der Waals surface area (Å²) < 4.78 is 5.57. The molecule has 0 amide bonds. The quantitative estimate of drug-likeness (QED) is 0.833. The van der Waals surface area contributed by atoms with E-state index < -0.39 is 11.5 Å². The summed E-state index contributed by atoms with van der Waals surface area (Å²) in [7, 11) is 0.